The van der Waals surface area contributed by atoms with Gasteiger partial charge in [0.2, 0.25) is 0 Å². The lowest BCUT2D eigenvalue weighted by Crippen LogP contribution is -2.36. The first-order valence-electron chi connectivity index (χ1n) is 7.48. The molecule has 0 atom stereocenters. The molecular formula is C17H13N3O4. The van der Waals surface area contributed by atoms with Gasteiger partial charge in [-0.1, -0.05) is 11.2 Å². The number of rotatable bonds is 2. The van der Waals surface area contributed by atoms with Crippen LogP contribution < -0.4 is 0 Å². The zero-order chi connectivity index (χ0) is 16.7. The number of nitrogens with zero attached hydrogens (tertiary/aromatic N) is 3. The molecule has 1 aliphatic rings. The minimum Gasteiger partial charge on any atom is -0.476 e. The average molecular weight is 323 g/mol. The number of hydrogen-bond donors (Lipinski definition) is 1. The van der Waals surface area contributed by atoms with Gasteiger partial charge in [0.1, 0.15) is 5.76 Å². The van der Waals surface area contributed by atoms with E-state index >= 15 is 0 Å². The number of aromatic carboxylic acids is 1. The summed E-state index contributed by atoms with van der Waals surface area (Å²) in [4.78, 5) is 29.8. The van der Waals surface area contributed by atoms with E-state index in [0.717, 1.165) is 10.9 Å². The molecule has 2 aromatic heterocycles. The number of benzene rings is 1. The van der Waals surface area contributed by atoms with Crippen molar-refractivity contribution in [2.24, 2.45) is 0 Å². The van der Waals surface area contributed by atoms with Crippen LogP contribution in [-0.2, 0) is 13.0 Å². The van der Waals surface area contributed by atoms with Gasteiger partial charge in [0, 0.05) is 35.7 Å². The quantitative estimate of drug-likeness (QED) is 0.776. The van der Waals surface area contributed by atoms with Gasteiger partial charge in [-0.25, -0.2) is 4.79 Å². The van der Waals surface area contributed by atoms with Crippen LogP contribution in [0.3, 0.4) is 0 Å². The maximum Gasteiger partial charge on any atom is 0.358 e. The van der Waals surface area contributed by atoms with Crippen molar-refractivity contribution in [2.45, 2.75) is 13.0 Å². The first kappa shape index (κ1) is 14.4. The predicted molar refractivity (Wildman–Crippen MR) is 83.6 cm³/mol. The molecular weight excluding hydrogens is 310 g/mol. The summed E-state index contributed by atoms with van der Waals surface area (Å²) in [6.07, 6.45) is 2.16. The summed E-state index contributed by atoms with van der Waals surface area (Å²) in [6, 6.07) is 9.06. The minimum atomic E-state index is -1.15. The van der Waals surface area contributed by atoms with Crippen LogP contribution >= 0.6 is 0 Å². The van der Waals surface area contributed by atoms with Crippen LogP contribution in [0.5, 0.6) is 0 Å². The van der Waals surface area contributed by atoms with Crippen LogP contribution in [0.4, 0.5) is 0 Å². The number of carbonyl (C=O) groups excluding carboxylic acids is 1. The Kier molecular flexibility index (Phi) is 3.26. The van der Waals surface area contributed by atoms with E-state index in [1.807, 2.05) is 12.1 Å². The van der Waals surface area contributed by atoms with Gasteiger partial charge in [0.15, 0.2) is 5.69 Å². The molecule has 0 saturated carbocycles. The fraction of sp³-hybridized carbons (Fsp3) is 0.176. The van der Waals surface area contributed by atoms with Crippen molar-refractivity contribution in [3.8, 4) is 0 Å². The molecule has 0 aliphatic carbocycles. The van der Waals surface area contributed by atoms with Gasteiger partial charge in [0.05, 0.1) is 12.1 Å². The third kappa shape index (κ3) is 2.30. The monoisotopic (exact) mass is 323 g/mol. The molecule has 3 heterocycles. The van der Waals surface area contributed by atoms with E-state index in [9.17, 15) is 9.59 Å². The van der Waals surface area contributed by atoms with Crippen LogP contribution in [0.25, 0.3) is 10.9 Å². The van der Waals surface area contributed by atoms with Crippen molar-refractivity contribution in [2.75, 3.05) is 6.54 Å². The van der Waals surface area contributed by atoms with Crippen LogP contribution in [0, 0.1) is 0 Å². The topological polar surface area (TPSA) is 96.5 Å². The fourth-order valence-electron chi connectivity index (χ4n) is 2.94. The summed E-state index contributed by atoms with van der Waals surface area (Å²) < 4.78 is 5.06. The summed E-state index contributed by atoms with van der Waals surface area (Å²) in [5.74, 6) is -0.755. The second-order valence-corrected chi connectivity index (χ2v) is 5.63. The highest BCUT2D eigenvalue weighted by atomic mass is 16.5. The summed E-state index contributed by atoms with van der Waals surface area (Å²) in [5.41, 5.74) is 1.73. The van der Waals surface area contributed by atoms with Crippen molar-refractivity contribution < 1.29 is 19.2 Å². The van der Waals surface area contributed by atoms with Gasteiger partial charge >= 0.3 is 5.97 Å². The molecule has 0 radical (unpaired) electrons. The summed E-state index contributed by atoms with van der Waals surface area (Å²) in [5, 5.41) is 13.6. The van der Waals surface area contributed by atoms with Crippen LogP contribution in [0.15, 0.2) is 41.1 Å². The molecule has 7 nitrogen and oxygen atoms in total. The molecule has 24 heavy (non-hydrogen) atoms. The molecule has 4 rings (SSSR count). The Morgan fingerprint density at radius 2 is 2.12 bits per heavy atom. The second-order valence-electron chi connectivity index (χ2n) is 5.63. The maximum absolute atomic E-state index is 12.8. The SMILES string of the molecule is O=C(O)c1noc2c1CN(C(=O)c1ccc3ncccc3c1)CC2. The van der Waals surface area contributed by atoms with Crippen molar-refractivity contribution >= 4 is 22.8 Å². The molecule has 0 spiro atoms. The van der Waals surface area contributed by atoms with E-state index in [2.05, 4.69) is 10.1 Å². The maximum atomic E-state index is 12.8. The zero-order valence-electron chi connectivity index (χ0n) is 12.6. The molecule has 3 aromatic rings. The number of carboxylic acids is 1. The molecule has 0 fully saturated rings. The van der Waals surface area contributed by atoms with Crippen molar-refractivity contribution in [3.05, 3.63) is 59.1 Å². The van der Waals surface area contributed by atoms with Gasteiger partial charge < -0.3 is 14.5 Å². The van der Waals surface area contributed by atoms with Gasteiger partial charge in [0.25, 0.3) is 5.91 Å². The third-order valence-electron chi connectivity index (χ3n) is 4.17. The van der Waals surface area contributed by atoms with Crippen molar-refractivity contribution in [1.82, 2.24) is 15.0 Å². The standard InChI is InChI=1S/C17H13N3O4/c21-16(11-3-4-13-10(8-11)2-1-6-18-13)20-7-5-14-12(9-20)15(17(22)23)19-24-14/h1-4,6,8H,5,7,9H2,(H,22,23). The molecule has 0 saturated heterocycles. The van der Waals surface area contributed by atoms with E-state index in [4.69, 9.17) is 9.63 Å². The first-order chi connectivity index (χ1) is 11.6. The van der Waals surface area contributed by atoms with Gasteiger partial charge in [-0.3, -0.25) is 9.78 Å². The lowest BCUT2D eigenvalue weighted by Gasteiger charge is -2.26. The molecule has 1 aliphatic heterocycles. The zero-order valence-corrected chi connectivity index (χ0v) is 12.6. The van der Waals surface area contributed by atoms with E-state index in [0.29, 0.717) is 29.9 Å². The fourth-order valence-corrected chi connectivity index (χ4v) is 2.94. The molecule has 0 bridgehead atoms. The Morgan fingerprint density at radius 1 is 1.25 bits per heavy atom. The van der Waals surface area contributed by atoms with E-state index in [1.165, 1.54) is 0 Å². The normalized spacial score (nSPS) is 13.8. The Balaban J connectivity index is 1.64. The molecule has 1 N–H and O–H groups in total. The van der Waals surface area contributed by atoms with E-state index in [1.54, 1.807) is 29.3 Å². The Morgan fingerprint density at radius 3 is 2.96 bits per heavy atom. The molecule has 1 aromatic carbocycles. The lowest BCUT2D eigenvalue weighted by atomic mass is 10.0. The Hall–Kier alpha value is -3.22. The van der Waals surface area contributed by atoms with Crippen LogP contribution in [-0.4, -0.2) is 38.6 Å². The van der Waals surface area contributed by atoms with Gasteiger partial charge in [-0.05, 0) is 24.3 Å². The summed E-state index contributed by atoms with van der Waals surface area (Å²) in [6.45, 7) is 0.648. The highest BCUT2D eigenvalue weighted by Gasteiger charge is 2.30. The third-order valence-corrected chi connectivity index (χ3v) is 4.17. The summed E-state index contributed by atoms with van der Waals surface area (Å²) in [7, 11) is 0. The van der Waals surface area contributed by atoms with Crippen LogP contribution in [0.1, 0.15) is 32.2 Å². The van der Waals surface area contributed by atoms with Gasteiger partial charge in [-0.2, -0.15) is 0 Å². The van der Waals surface area contributed by atoms with E-state index in [-0.39, 0.29) is 18.1 Å². The van der Waals surface area contributed by atoms with Gasteiger partial charge in [-0.15, -0.1) is 0 Å². The number of hydrogen-bond acceptors (Lipinski definition) is 5. The van der Waals surface area contributed by atoms with Crippen LogP contribution in [0.2, 0.25) is 0 Å². The second kappa shape index (κ2) is 5.45. The number of aromatic nitrogens is 2. The lowest BCUT2D eigenvalue weighted by molar-refractivity contribution is 0.0673. The Bertz CT molecular complexity index is 963. The number of amides is 1. The minimum absolute atomic E-state index is 0.120. The molecule has 0 unspecified atom stereocenters. The number of carboxylic acid groups (broad SMARTS) is 1. The molecule has 7 heteroatoms. The Labute approximate surface area is 136 Å². The highest BCUT2D eigenvalue weighted by Crippen LogP contribution is 2.24. The number of fused-ring (bicyclic) bond motifs is 2. The highest BCUT2D eigenvalue weighted by molar-refractivity contribution is 5.98. The van der Waals surface area contributed by atoms with Crippen molar-refractivity contribution in [1.29, 1.82) is 0 Å². The average Bonchev–Trinajstić information content (AvgIpc) is 3.04. The largest absolute Gasteiger partial charge is 0.476 e. The number of carbonyl (C=O) groups is 2. The first-order valence-corrected chi connectivity index (χ1v) is 7.48. The van der Waals surface area contributed by atoms with E-state index < -0.39 is 5.97 Å². The van der Waals surface area contributed by atoms with Crippen molar-refractivity contribution in [3.63, 3.8) is 0 Å². The smallest absolute Gasteiger partial charge is 0.358 e. The number of pyridine rings is 1. The molecule has 1 amide bonds. The predicted octanol–water partition coefficient (Wildman–Crippen LogP) is 2.12. The summed E-state index contributed by atoms with van der Waals surface area (Å²) >= 11 is 0. The molecule has 120 valence electrons.